The van der Waals surface area contributed by atoms with Crippen molar-refractivity contribution in [3.8, 4) is 0 Å². The van der Waals surface area contributed by atoms with Gasteiger partial charge in [0, 0.05) is 12.0 Å². The summed E-state index contributed by atoms with van der Waals surface area (Å²) in [6.07, 6.45) is 1.79. The largest absolute Gasteiger partial charge is 0.466 e. The average molecular weight is 452 g/mol. The molecule has 174 valence electrons. The lowest BCUT2D eigenvalue weighted by Crippen LogP contribution is -2.43. The zero-order valence-electron chi connectivity index (χ0n) is 19.2. The molecule has 0 unspecified atom stereocenters. The minimum Gasteiger partial charge on any atom is -0.466 e. The van der Waals surface area contributed by atoms with Crippen LogP contribution in [0.3, 0.4) is 0 Å². The van der Waals surface area contributed by atoms with Gasteiger partial charge in [0.15, 0.2) is 0 Å². The summed E-state index contributed by atoms with van der Waals surface area (Å²) in [5, 5.41) is 6.12. The molecule has 2 aliphatic rings. The molecule has 0 aliphatic carbocycles. The summed E-state index contributed by atoms with van der Waals surface area (Å²) in [6, 6.07) is 14.1. The third-order valence-corrected chi connectivity index (χ3v) is 6.35. The van der Waals surface area contributed by atoms with Gasteiger partial charge in [-0.1, -0.05) is 48.0 Å². The van der Waals surface area contributed by atoms with Gasteiger partial charge >= 0.3 is 5.97 Å². The molecule has 0 spiro atoms. The summed E-state index contributed by atoms with van der Waals surface area (Å²) >= 11 is 0. The summed E-state index contributed by atoms with van der Waals surface area (Å²) in [7, 11) is 0. The summed E-state index contributed by atoms with van der Waals surface area (Å²) in [5.41, 5.74) is 3.30. The zero-order valence-corrected chi connectivity index (χ0v) is 19.2. The topological polar surface area (TPSA) is 62.2 Å². The monoisotopic (exact) mass is 451 g/mol. The van der Waals surface area contributed by atoms with E-state index in [-0.39, 0.29) is 30.2 Å². The Kier molecular flexibility index (Phi) is 7.18. The number of halogens is 1. The number of benzene rings is 2. The second-order valence-electron chi connectivity index (χ2n) is 8.70. The number of amides is 1. The molecule has 4 rings (SSSR count). The molecule has 0 radical (unpaired) electrons. The van der Waals surface area contributed by atoms with Gasteiger partial charge in [0.2, 0.25) is 0 Å². The van der Waals surface area contributed by atoms with Crippen molar-refractivity contribution in [2.75, 3.05) is 26.2 Å². The first-order valence-corrected chi connectivity index (χ1v) is 11.6. The first-order chi connectivity index (χ1) is 16.0. The summed E-state index contributed by atoms with van der Waals surface area (Å²) < 4.78 is 19.8. The van der Waals surface area contributed by atoms with Crippen molar-refractivity contribution < 1.29 is 18.7 Å². The Morgan fingerprint density at radius 3 is 2.58 bits per heavy atom. The molecule has 6 nitrogen and oxygen atoms in total. The van der Waals surface area contributed by atoms with Crippen molar-refractivity contribution in [1.29, 1.82) is 0 Å². The van der Waals surface area contributed by atoms with Crippen LogP contribution in [-0.4, -0.2) is 53.7 Å². The molecule has 2 aliphatic heterocycles. The van der Waals surface area contributed by atoms with E-state index in [1.165, 1.54) is 11.1 Å². The fourth-order valence-corrected chi connectivity index (χ4v) is 4.58. The van der Waals surface area contributed by atoms with Crippen LogP contribution in [0.4, 0.5) is 4.39 Å². The fraction of sp³-hybridized carbons (Fsp3) is 0.423. The van der Waals surface area contributed by atoms with Crippen molar-refractivity contribution >= 4 is 17.6 Å². The number of nitrogens with zero attached hydrogens (tertiary/aromatic N) is 3. The van der Waals surface area contributed by atoms with E-state index in [2.05, 4.69) is 5.10 Å². The summed E-state index contributed by atoms with van der Waals surface area (Å²) in [5.74, 6) is -0.771. The maximum atomic E-state index is 14.7. The Balaban J connectivity index is 1.50. The molecule has 1 saturated heterocycles. The smallest absolute Gasteiger partial charge is 0.309 e. The Labute approximate surface area is 194 Å². The van der Waals surface area contributed by atoms with Crippen LogP contribution < -0.4 is 0 Å². The van der Waals surface area contributed by atoms with E-state index >= 15 is 0 Å². The maximum absolute atomic E-state index is 14.7. The molecule has 2 heterocycles. The summed E-state index contributed by atoms with van der Waals surface area (Å²) in [6.45, 7) is 5.66. The first kappa shape index (κ1) is 23.1. The number of ether oxygens (including phenoxy) is 1. The van der Waals surface area contributed by atoms with Crippen molar-refractivity contribution in [3.05, 3.63) is 71.0 Å². The number of hydrazone groups is 1. The van der Waals surface area contributed by atoms with E-state index in [1.807, 2.05) is 36.1 Å². The number of hydrogen-bond donors (Lipinski definition) is 0. The normalized spacial score (nSPS) is 19.4. The molecule has 0 bridgehead atoms. The van der Waals surface area contributed by atoms with Crippen LogP contribution in [0, 0.1) is 18.7 Å². The lowest BCUT2D eigenvalue weighted by atomic mass is 9.96. The predicted octanol–water partition coefficient (Wildman–Crippen LogP) is 4.09. The van der Waals surface area contributed by atoms with Crippen LogP contribution in [0.15, 0.2) is 53.6 Å². The number of esters is 1. The number of rotatable bonds is 6. The molecule has 7 heteroatoms. The minimum absolute atomic E-state index is 0.111. The molecular formula is C26H30FN3O3. The van der Waals surface area contributed by atoms with Crippen molar-refractivity contribution in [2.45, 2.75) is 39.2 Å². The van der Waals surface area contributed by atoms with E-state index in [4.69, 9.17) is 4.74 Å². The lowest BCUT2D eigenvalue weighted by molar-refractivity contribution is -0.149. The van der Waals surface area contributed by atoms with Gasteiger partial charge < -0.3 is 4.74 Å². The highest BCUT2D eigenvalue weighted by Gasteiger charge is 2.36. The summed E-state index contributed by atoms with van der Waals surface area (Å²) in [4.78, 5) is 27.4. The Hall–Kier alpha value is -3.06. The van der Waals surface area contributed by atoms with E-state index in [0.29, 0.717) is 44.5 Å². The van der Waals surface area contributed by atoms with Gasteiger partial charge in [0.05, 0.1) is 30.8 Å². The number of likely N-dealkylation sites (tertiary alicyclic amines) is 1. The van der Waals surface area contributed by atoms with Crippen LogP contribution in [0.5, 0.6) is 0 Å². The Bertz CT molecular complexity index is 1050. The SMILES string of the molecule is CCOC(=O)C1CCN(CC(=O)N2N=C(c3cccc(C)c3)C[C@@H]2c2ccccc2F)CC1. The first-order valence-electron chi connectivity index (χ1n) is 11.6. The Morgan fingerprint density at radius 1 is 1.12 bits per heavy atom. The van der Waals surface area contributed by atoms with E-state index in [0.717, 1.165) is 16.8 Å². The van der Waals surface area contributed by atoms with E-state index < -0.39 is 6.04 Å². The van der Waals surface area contributed by atoms with Crippen molar-refractivity contribution in [2.24, 2.45) is 11.0 Å². The molecule has 1 atom stereocenters. The van der Waals surface area contributed by atoms with Crippen LogP contribution in [0.1, 0.15) is 48.9 Å². The van der Waals surface area contributed by atoms with Crippen LogP contribution >= 0.6 is 0 Å². The zero-order chi connectivity index (χ0) is 23.4. The van der Waals surface area contributed by atoms with Gasteiger partial charge in [-0.25, -0.2) is 9.40 Å². The molecule has 1 fully saturated rings. The van der Waals surface area contributed by atoms with Gasteiger partial charge in [0.25, 0.3) is 5.91 Å². The third kappa shape index (κ3) is 5.30. The molecule has 2 aromatic carbocycles. The highest BCUT2D eigenvalue weighted by atomic mass is 19.1. The van der Waals surface area contributed by atoms with Gasteiger partial charge in [-0.2, -0.15) is 5.10 Å². The molecule has 0 N–H and O–H groups in total. The minimum atomic E-state index is -0.480. The highest BCUT2D eigenvalue weighted by molar-refractivity contribution is 6.03. The van der Waals surface area contributed by atoms with E-state index in [1.54, 1.807) is 25.1 Å². The van der Waals surface area contributed by atoms with Crippen LogP contribution in [0.25, 0.3) is 0 Å². The van der Waals surface area contributed by atoms with Crippen molar-refractivity contribution in [3.63, 3.8) is 0 Å². The molecule has 33 heavy (non-hydrogen) atoms. The number of carbonyl (C=O) groups excluding carboxylic acids is 2. The molecular weight excluding hydrogens is 421 g/mol. The second-order valence-corrected chi connectivity index (χ2v) is 8.70. The number of hydrogen-bond acceptors (Lipinski definition) is 5. The molecule has 2 aromatic rings. The quantitative estimate of drug-likeness (QED) is 0.621. The van der Waals surface area contributed by atoms with Crippen molar-refractivity contribution in [1.82, 2.24) is 9.91 Å². The average Bonchev–Trinajstić information content (AvgIpc) is 3.25. The van der Waals surface area contributed by atoms with Gasteiger partial charge in [-0.15, -0.1) is 0 Å². The van der Waals surface area contributed by atoms with Crippen LogP contribution in [-0.2, 0) is 14.3 Å². The molecule has 0 saturated carbocycles. The Morgan fingerprint density at radius 2 is 1.88 bits per heavy atom. The highest BCUT2D eigenvalue weighted by Crippen LogP contribution is 2.34. The maximum Gasteiger partial charge on any atom is 0.309 e. The van der Waals surface area contributed by atoms with Gasteiger partial charge in [-0.3, -0.25) is 14.5 Å². The fourth-order valence-electron chi connectivity index (χ4n) is 4.58. The predicted molar refractivity (Wildman–Crippen MR) is 124 cm³/mol. The standard InChI is InChI=1S/C26H30FN3O3/c1-3-33-26(32)19-11-13-29(14-12-19)17-25(31)30-24(21-9-4-5-10-22(21)27)16-23(28-30)20-8-6-7-18(2)15-20/h4-10,15,19,24H,3,11-14,16-17H2,1-2H3/t24-/m1/s1. The number of carbonyl (C=O) groups is 2. The second kappa shape index (κ2) is 10.3. The van der Waals surface area contributed by atoms with Crippen LogP contribution in [0.2, 0.25) is 0 Å². The third-order valence-electron chi connectivity index (χ3n) is 6.35. The molecule has 0 aromatic heterocycles. The van der Waals surface area contributed by atoms with Gasteiger partial charge in [-0.05, 0) is 51.4 Å². The number of piperidine rings is 1. The van der Waals surface area contributed by atoms with E-state index in [9.17, 15) is 14.0 Å². The number of aryl methyl sites for hydroxylation is 1. The molecule has 1 amide bonds. The van der Waals surface area contributed by atoms with Gasteiger partial charge in [0.1, 0.15) is 5.82 Å². The lowest BCUT2D eigenvalue weighted by Gasteiger charge is -2.32.